The van der Waals surface area contributed by atoms with Crippen molar-refractivity contribution in [1.29, 1.82) is 0 Å². The van der Waals surface area contributed by atoms with Crippen LogP contribution >= 0.6 is 23.2 Å². The molecule has 1 unspecified atom stereocenters. The highest BCUT2D eigenvalue weighted by atomic mass is 35.5. The van der Waals surface area contributed by atoms with E-state index in [1.54, 1.807) is 0 Å². The minimum Gasteiger partial charge on any atom is -0.398 e. The first kappa shape index (κ1) is 15.9. The Bertz CT molecular complexity index is 584. The lowest BCUT2D eigenvalue weighted by molar-refractivity contribution is 0.259. The lowest BCUT2D eigenvalue weighted by Gasteiger charge is -2.19. The van der Waals surface area contributed by atoms with Crippen LogP contribution in [0.25, 0.3) is 0 Å². The van der Waals surface area contributed by atoms with Crippen molar-refractivity contribution in [1.82, 2.24) is 4.31 Å². The smallest absolute Gasteiger partial charge is 0.246 e. The average molecular weight is 339 g/mol. The molecule has 0 aromatic heterocycles. The van der Waals surface area contributed by atoms with Gasteiger partial charge in [0.2, 0.25) is 10.0 Å². The van der Waals surface area contributed by atoms with E-state index in [2.05, 4.69) is 0 Å². The molecular formula is C12H16Cl2N2O3S. The van der Waals surface area contributed by atoms with Crippen LogP contribution in [-0.4, -0.2) is 37.5 Å². The largest absolute Gasteiger partial charge is 0.398 e. The average Bonchev–Trinajstić information content (AvgIpc) is 2.76. The summed E-state index contributed by atoms with van der Waals surface area (Å²) in [6, 6.07) is 2.75. The molecule has 0 bridgehead atoms. The fourth-order valence-corrected chi connectivity index (χ4v) is 4.89. The normalized spacial score (nSPS) is 20.4. The first-order valence-electron chi connectivity index (χ1n) is 6.21. The number of halogens is 2. The highest BCUT2D eigenvalue weighted by Gasteiger charge is 2.34. The third kappa shape index (κ3) is 3.04. The van der Waals surface area contributed by atoms with Crippen LogP contribution in [0, 0.1) is 5.92 Å². The van der Waals surface area contributed by atoms with Gasteiger partial charge in [0.15, 0.2) is 0 Å². The number of hydrogen-bond donors (Lipinski definition) is 2. The van der Waals surface area contributed by atoms with Gasteiger partial charge in [-0.25, -0.2) is 8.42 Å². The number of aliphatic hydroxyl groups excluding tert-OH is 1. The van der Waals surface area contributed by atoms with Crippen molar-refractivity contribution in [2.45, 2.75) is 17.7 Å². The van der Waals surface area contributed by atoms with Crippen molar-refractivity contribution in [3.05, 3.63) is 22.2 Å². The molecule has 3 N–H and O–H groups in total. The Hall–Kier alpha value is -0.530. The van der Waals surface area contributed by atoms with Crippen LogP contribution in [0.3, 0.4) is 0 Å². The molecule has 112 valence electrons. The lowest BCUT2D eigenvalue weighted by atomic mass is 10.1. The summed E-state index contributed by atoms with van der Waals surface area (Å²) < 4.78 is 26.5. The van der Waals surface area contributed by atoms with Gasteiger partial charge >= 0.3 is 0 Å². The number of nitrogen functional groups attached to an aromatic ring is 1. The molecule has 0 saturated carbocycles. The van der Waals surface area contributed by atoms with Crippen LogP contribution in [0.4, 0.5) is 5.69 Å². The predicted molar refractivity (Wildman–Crippen MR) is 79.4 cm³/mol. The zero-order valence-electron chi connectivity index (χ0n) is 10.7. The summed E-state index contributed by atoms with van der Waals surface area (Å²) in [7, 11) is -3.73. The summed E-state index contributed by atoms with van der Waals surface area (Å²) in [6.45, 7) is 0.842. The summed E-state index contributed by atoms with van der Waals surface area (Å²) >= 11 is 11.8. The van der Waals surface area contributed by atoms with E-state index < -0.39 is 10.0 Å². The molecule has 8 heteroatoms. The van der Waals surface area contributed by atoms with Crippen LogP contribution in [0.15, 0.2) is 17.0 Å². The fourth-order valence-electron chi connectivity index (χ4n) is 2.42. The van der Waals surface area contributed by atoms with Gasteiger partial charge in [0.1, 0.15) is 4.90 Å². The number of aliphatic hydroxyl groups is 1. The van der Waals surface area contributed by atoms with E-state index in [9.17, 15) is 8.42 Å². The van der Waals surface area contributed by atoms with Crippen LogP contribution < -0.4 is 5.73 Å². The molecule has 1 saturated heterocycles. The summed E-state index contributed by atoms with van der Waals surface area (Å²) in [5, 5.41) is 9.25. The van der Waals surface area contributed by atoms with Crippen molar-refractivity contribution in [3.8, 4) is 0 Å². The quantitative estimate of drug-likeness (QED) is 0.822. The van der Waals surface area contributed by atoms with E-state index in [0.717, 1.165) is 6.42 Å². The number of nitrogens with zero attached hydrogens (tertiary/aromatic N) is 1. The number of benzene rings is 1. The summed E-state index contributed by atoms with van der Waals surface area (Å²) in [6.07, 6.45) is 1.32. The van der Waals surface area contributed by atoms with Gasteiger partial charge in [0, 0.05) is 24.7 Å². The third-order valence-electron chi connectivity index (χ3n) is 3.42. The maximum Gasteiger partial charge on any atom is 0.246 e. The monoisotopic (exact) mass is 338 g/mol. The van der Waals surface area contributed by atoms with E-state index in [1.807, 2.05) is 0 Å². The molecule has 1 atom stereocenters. The molecular weight excluding hydrogens is 323 g/mol. The summed E-state index contributed by atoms with van der Waals surface area (Å²) in [4.78, 5) is -0.0896. The molecule has 1 aliphatic rings. The lowest BCUT2D eigenvalue weighted by Crippen LogP contribution is -2.30. The maximum absolute atomic E-state index is 12.6. The van der Waals surface area contributed by atoms with Gasteiger partial charge < -0.3 is 10.8 Å². The molecule has 0 spiro atoms. The minimum atomic E-state index is -3.73. The van der Waals surface area contributed by atoms with Crippen LogP contribution in [0.2, 0.25) is 10.0 Å². The van der Waals surface area contributed by atoms with Gasteiger partial charge in [-0.3, -0.25) is 0 Å². The van der Waals surface area contributed by atoms with E-state index in [1.165, 1.54) is 16.4 Å². The molecule has 1 aromatic rings. The highest BCUT2D eigenvalue weighted by Crippen LogP contribution is 2.35. The van der Waals surface area contributed by atoms with Crippen molar-refractivity contribution < 1.29 is 13.5 Å². The maximum atomic E-state index is 12.6. The zero-order chi connectivity index (χ0) is 14.9. The molecule has 0 aliphatic carbocycles. The van der Waals surface area contributed by atoms with E-state index >= 15 is 0 Å². The van der Waals surface area contributed by atoms with E-state index in [-0.39, 0.29) is 28.1 Å². The first-order chi connectivity index (χ1) is 9.36. The summed E-state index contributed by atoms with van der Waals surface area (Å²) in [5.41, 5.74) is 5.80. The van der Waals surface area contributed by atoms with Crippen LogP contribution in [0.5, 0.6) is 0 Å². The molecule has 0 amide bonds. The predicted octanol–water partition coefficient (Wildman–Crippen LogP) is 1.97. The topological polar surface area (TPSA) is 83.6 Å². The second-order valence-corrected chi connectivity index (χ2v) is 7.55. The molecule has 1 fully saturated rings. The second-order valence-electron chi connectivity index (χ2n) is 4.84. The Morgan fingerprint density at radius 2 is 2.10 bits per heavy atom. The molecule has 1 heterocycles. The Morgan fingerprint density at radius 1 is 1.40 bits per heavy atom. The standard InChI is InChI=1S/C12H16Cl2N2O3S/c13-9-5-10(14)12(11(15)6-9)20(18,19)16-3-1-8(7-16)2-4-17/h5-6,8,17H,1-4,7,15H2. The van der Waals surface area contributed by atoms with Crippen LogP contribution in [0.1, 0.15) is 12.8 Å². The Kier molecular flexibility index (Phi) is 4.81. The van der Waals surface area contributed by atoms with E-state index in [4.69, 9.17) is 34.0 Å². The molecule has 5 nitrogen and oxygen atoms in total. The van der Waals surface area contributed by atoms with Gasteiger partial charge in [0.25, 0.3) is 0 Å². The number of hydrogen-bond acceptors (Lipinski definition) is 4. The minimum absolute atomic E-state index is 0.0283. The molecule has 20 heavy (non-hydrogen) atoms. The molecule has 0 radical (unpaired) electrons. The van der Waals surface area contributed by atoms with Gasteiger partial charge in [-0.2, -0.15) is 4.31 Å². The SMILES string of the molecule is Nc1cc(Cl)cc(Cl)c1S(=O)(=O)N1CCC(CCO)C1. The van der Waals surface area contributed by atoms with Crippen molar-refractivity contribution in [2.75, 3.05) is 25.4 Å². The van der Waals surface area contributed by atoms with Crippen molar-refractivity contribution in [2.24, 2.45) is 5.92 Å². The Balaban J connectivity index is 2.33. The number of sulfonamides is 1. The Labute approximate surface area is 128 Å². The highest BCUT2D eigenvalue weighted by molar-refractivity contribution is 7.89. The molecule has 2 rings (SSSR count). The van der Waals surface area contributed by atoms with Crippen molar-refractivity contribution >= 4 is 38.9 Å². The van der Waals surface area contributed by atoms with Gasteiger partial charge in [-0.05, 0) is 30.9 Å². The second kappa shape index (κ2) is 6.07. The summed E-state index contributed by atoms with van der Waals surface area (Å²) in [5.74, 6) is 0.169. The zero-order valence-corrected chi connectivity index (χ0v) is 13.0. The number of nitrogens with two attached hydrogens (primary N) is 1. The number of rotatable bonds is 4. The van der Waals surface area contributed by atoms with Crippen LogP contribution in [-0.2, 0) is 10.0 Å². The van der Waals surface area contributed by atoms with Gasteiger partial charge in [-0.15, -0.1) is 0 Å². The third-order valence-corrected chi connectivity index (χ3v) is 6.03. The van der Waals surface area contributed by atoms with Gasteiger partial charge in [0.05, 0.1) is 10.7 Å². The van der Waals surface area contributed by atoms with Crippen molar-refractivity contribution in [3.63, 3.8) is 0 Å². The first-order valence-corrected chi connectivity index (χ1v) is 8.41. The molecule has 1 aliphatic heterocycles. The number of anilines is 1. The Morgan fingerprint density at radius 3 is 2.70 bits per heavy atom. The molecule has 1 aromatic carbocycles. The van der Waals surface area contributed by atoms with Gasteiger partial charge in [-0.1, -0.05) is 23.2 Å². The fraction of sp³-hybridized carbons (Fsp3) is 0.500. The van der Waals surface area contributed by atoms with E-state index in [0.29, 0.717) is 24.5 Å².